The Bertz CT molecular complexity index is 1380. The van der Waals surface area contributed by atoms with Gasteiger partial charge in [-0.2, -0.15) is 5.10 Å². The number of hydrogen-bond acceptors (Lipinski definition) is 7. The lowest BCUT2D eigenvalue weighted by molar-refractivity contribution is 0.111. The molecule has 4 aromatic heterocycles. The minimum atomic E-state index is 0.605. The molecule has 0 spiro atoms. The van der Waals surface area contributed by atoms with Crippen LogP contribution in [-0.4, -0.2) is 72.9 Å². The Morgan fingerprint density at radius 3 is 2.57 bits per heavy atom. The first-order valence-corrected chi connectivity index (χ1v) is 13.3. The lowest BCUT2D eigenvalue weighted by Crippen LogP contribution is -2.22. The molecule has 4 heterocycles. The van der Waals surface area contributed by atoms with Crippen LogP contribution in [0.3, 0.4) is 0 Å². The van der Waals surface area contributed by atoms with Gasteiger partial charge in [-0.25, -0.2) is 9.97 Å². The quantitative estimate of drug-likeness (QED) is 0.253. The molecule has 6 rings (SSSR count). The van der Waals surface area contributed by atoms with Gasteiger partial charge in [0.2, 0.25) is 0 Å². The SMILES string of the molecule is CCn1c(C=O)cc2c3c(ncn3C)c(Nc3cc(C)n(CCCOC)n3)nc21.CN(C1CC1)C1CC1. The van der Waals surface area contributed by atoms with E-state index >= 15 is 0 Å². The van der Waals surface area contributed by atoms with E-state index in [1.165, 1.54) is 25.7 Å². The molecular formula is C27H38N8O2. The monoisotopic (exact) mass is 506 g/mol. The number of nitrogens with one attached hydrogen (secondary N) is 1. The van der Waals surface area contributed by atoms with E-state index < -0.39 is 0 Å². The van der Waals surface area contributed by atoms with Gasteiger partial charge in [0.25, 0.3) is 0 Å². The Morgan fingerprint density at radius 1 is 1.22 bits per heavy atom. The first kappa shape index (κ1) is 25.4. The lowest BCUT2D eigenvalue weighted by Gasteiger charge is -2.12. The number of anilines is 2. The standard InChI is InChI=1S/C20H25N7O2.C7H13N/c1-5-26-14(11-28)10-15-18-17(21-12-25(18)3)19(23-20(15)26)22-16-9-13(2)27(24-16)7-6-8-29-4;1-8(6-2-3-6)7-4-5-7/h9-12H,5-8H2,1-4H3,(H,22,23,24);6-7H,2-5H2,1H3. The topological polar surface area (TPSA) is 95.0 Å². The molecule has 0 radical (unpaired) electrons. The van der Waals surface area contributed by atoms with Crippen molar-refractivity contribution in [1.82, 2.24) is 33.8 Å². The van der Waals surface area contributed by atoms with Gasteiger partial charge in [0.1, 0.15) is 11.2 Å². The molecule has 2 fully saturated rings. The summed E-state index contributed by atoms with van der Waals surface area (Å²) in [7, 11) is 5.91. The van der Waals surface area contributed by atoms with Crippen molar-refractivity contribution in [2.24, 2.45) is 7.05 Å². The molecule has 198 valence electrons. The summed E-state index contributed by atoms with van der Waals surface area (Å²) >= 11 is 0. The number of aromatic nitrogens is 6. The average molecular weight is 507 g/mol. The third-order valence-corrected chi connectivity index (χ3v) is 7.36. The van der Waals surface area contributed by atoms with E-state index in [1.807, 2.05) is 46.8 Å². The molecule has 0 amide bonds. The molecular weight excluding hydrogens is 468 g/mol. The molecule has 0 atom stereocenters. The molecule has 1 N–H and O–H groups in total. The number of fused-ring (bicyclic) bond motifs is 3. The lowest BCUT2D eigenvalue weighted by atomic mass is 10.2. The van der Waals surface area contributed by atoms with Gasteiger partial charge in [0.15, 0.2) is 17.9 Å². The molecule has 0 saturated heterocycles. The maximum atomic E-state index is 11.5. The van der Waals surface area contributed by atoms with E-state index in [0.29, 0.717) is 30.5 Å². The van der Waals surface area contributed by atoms with Crippen LogP contribution in [0.4, 0.5) is 11.6 Å². The minimum Gasteiger partial charge on any atom is -0.385 e. The molecule has 0 aliphatic heterocycles. The van der Waals surface area contributed by atoms with Crippen LogP contribution in [0, 0.1) is 6.92 Å². The predicted molar refractivity (Wildman–Crippen MR) is 146 cm³/mol. The molecule has 2 saturated carbocycles. The van der Waals surface area contributed by atoms with Gasteiger partial charge in [0.05, 0.1) is 17.5 Å². The van der Waals surface area contributed by atoms with Crippen LogP contribution in [0.1, 0.15) is 55.2 Å². The number of carbonyl (C=O) groups excluding carboxylic acids is 1. The molecule has 0 bridgehead atoms. The number of imidazole rings is 1. The molecule has 2 aliphatic rings. The second-order valence-electron chi connectivity index (χ2n) is 10.2. The number of nitrogens with zero attached hydrogens (tertiary/aromatic N) is 7. The summed E-state index contributed by atoms with van der Waals surface area (Å²) in [5.41, 5.74) is 4.10. The van der Waals surface area contributed by atoms with Crippen molar-refractivity contribution in [1.29, 1.82) is 0 Å². The number of rotatable bonds is 10. The highest BCUT2D eigenvalue weighted by molar-refractivity contribution is 6.08. The van der Waals surface area contributed by atoms with Crippen LogP contribution >= 0.6 is 0 Å². The number of aryl methyl sites for hydroxylation is 4. The highest BCUT2D eigenvalue weighted by Crippen LogP contribution is 2.35. The van der Waals surface area contributed by atoms with Crippen molar-refractivity contribution >= 4 is 40.0 Å². The first-order chi connectivity index (χ1) is 17.9. The van der Waals surface area contributed by atoms with Crippen molar-refractivity contribution < 1.29 is 9.53 Å². The molecule has 4 aromatic rings. The highest BCUT2D eigenvalue weighted by atomic mass is 16.5. The van der Waals surface area contributed by atoms with Gasteiger partial charge in [-0.05, 0) is 59.1 Å². The third kappa shape index (κ3) is 5.26. The van der Waals surface area contributed by atoms with E-state index in [4.69, 9.17) is 9.72 Å². The Labute approximate surface area is 217 Å². The Balaban J connectivity index is 0.000000295. The van der Waals surface area contributed by atoms with Gasteiger partial charge in [0, 0.05) is 63.1 Å². The van der Waals surface area contributed by atoms with Crippen LogP contribution in [0.15, 0.2) is 18.5 Å². The van der Waals surface area contributed by atoms with Gasteiger partial charge < -0.3 is 24.1 Å². The van der Waals surface area contributed by atoms with Crippen LogP contribution in [0.2, 0.25) is 0 Å². The molecule has 2 aliphatic carbocycles. The second-order valence-corrected chi connectivity index (χ2v) is 10.2. The summed E-state index contributed by atoms with van der Waals surface area (Å²) in [6.07, 6.45) is 9.38. The average Bonchev–Trinajstić information content (AvgIpc) is 3.81. The van der Waals surface area contributed by atoms with Crippen molar-refractivity contribution in [3.05, 3.63) is 29.8 Å². The summed E-state index contributed by atoms with van der Waals surface area (Å²) < 4.78 is 10.9. The maximum absolute atomic E-state index is 11.5. The van der Waals surface area contributed by atoms with Crippen LogP contribution < -0.4 is 5.32 Å². The van der Waals surface area contributed by atoms with Crippen molar-refractivity contribution in [3.8, 4) is 0 Å². The van der Waals surface area contributed by atoms with Crippen molar-refractivity contribution in [3.63, 3.8) is 0 Å². The van der Waals surface area contributed by atoms with Gasteiger partial charge >= 0.3 is 0 Å². The summed E-state index contributed by atoms with van der Waals surface area (Å²) in [5.74, 6) is 1.34. The highest BCUT2D eigenvalue weighted by Gasteiger charge is 2.36. The van der Waals surface area contributed by atoms with E-state index in [9.17, 15) is 4.79 Å². The zero-order valence-electron chi connectivity index (χ0n) is 22.6. The smallest absolute Gasteiger partial charge is 0.166 e. The van der Waals surface area contributed by atoms with Crippen LogP contribution in [0.25, 0.3) is 22.1 Å². The Morgan fingerprint density at radius 2 is 1.95 bits per heavy atom. The summed E-state index contributed by atoms with van der Waals surface area (Å²) in [6, 6.07) is 5.84. The maximum Gasteiger partial charge on any atom is 0.166 e. The zero-order chi connectivity index (χ0) is 26.1. The van der Waals surface area contributed by atoms with Gasteiger partial charge in [-0.3, -0.25) is 9.48 Å². The number of hydrogen-bond donors (Lipinski definition) is 1. The van der Waals surface area contributed by atoms with Crippen molar-refractivity contribution in [2.45, 2.75) is 71.1 Å². The van der Waals surface area contributed by atoms with Gasteiger partial charge in [-0.15, -0.1) is 0 Å². The fourth-order valence-corrected chi connectivity index (χ4v) is 4.99. The summed E-state index contributed by atoms with van der Waals surface area (Å²) in [6.45, 7) is 6.16. The van der Waals surface area contributed by atoms with Crippen molar-refractivity contribution in [2.75, 3.05) is 26.1 Å². The number of ether oxygens (including phenoxy) is 1. The Hall–Kier alpha value is -3.24. The first-order valence-electron chi connectivity index (χ1n) is 13.3. The predicted octanol–water partition coefficient (Wildman–Crippen LogP) is 4.28. The molecule has 10 nitrogen and oxygen atoms in total. The number of carbonyl (C=O) groups is 1. The number of methoxy groups -OCH3 is 1. The van der Waals surface area contributed by atoms with Crippen LogP contribution in [0.5, 0.6) is 0 Å². The molecule has 37 heavy (non-hydrogen) atoms. The third-order valence-electron chi connectivity index (χ3n) is 7.36. The minimum absolute atomic E-state index is 0.605. The normalized spacial score (nSPS) is 15.4. The number of pyridine rings is 1. The van der Waals surface area contributed by atoms with E-state index in [0.717, 1.165) is 59.1 Å². The molecule has 0 unspecified atom stereocenters. The molecule has 0 aromatic carbocycles. The fraction of sp³-hybridized carbons (Fsp3) is 0.556. The summed E-state index contributed by atoms with van der Waals surface area (Å²) in [5, 5.41) is 8.89. The fourth-order valence-electron chi connectivity index (χ4n) is 4.99. The van der Waals surface area contributed by atoms with Crippen LogP contribution in [-0.2, 0) is 24.9 Å². The van der Waals surface area contributed by atoms with E-state index in [2.05, 4.69) is 27.3 Å². The number of aldehydes is 1. The summed E-state index contributed by atoms with van der Waals surface area (Å²) in [4.78, 5) is 23.4. The van der Waals surface area contributed by atoms with E-state index in [-0.39, 0.29) is 0 Å². The van der Waals surface area contributed by atoms with E-state index in [1.54, 1.807) is 13.4 Å². The largest absolute Gasteiger partial charge is 0.385 e. The van der Waals surface area contributed by atoms with Gasteiger partial charge in [-0.1, -0.05) is 0 Å². The zero-order valence-corrected chi connectivity index (χ0v) is 22.6. The Kier molecular flexibility index (Phi) is 7.30. The second kappa shape index (κ2) is 10.6. The molecule has 10 heteroatoms.